The molecule has 30 heavy (non-hydrogen) atoms. The summed E-state index contributed by atoms with van der Waals surface area (Å²) in [6.07, 6.45) is 6.54. The molecular weight excluding hydrogens is 398 g/mol. The minimum atomic E-state index is -0.261. The van der Waals surface area contributed by atoms with Gasteiger partial charge in [-0.25, -0.2) is 0 Å². The Morgan fingerprint density at radius 1 is 1.27 bits per heavy atom. The van der Waals surface area contributed by atoms with E-state index in [-0.39, 0.29) is 17.1 Å². The number of ether oxygens (including phenoxy) is 1. The van der Waals surface area contributed by atoms with E-state index in [4.69, 9.17) is 4.74 Å². The number of nitrogens with one attached hydrogen (secondary N) is 1. The van der Waals surface area contributed by atoms with Crippen LogP contribution < -0.4 is 4.90 Å². The third-order valence-electron chi connectivity index (χ3n) is 6.00. The van der Waals surface area contributed by atoms with Gasteiger partial charge in [0.15, 0.2) is 10.9 Å². The minimum Gasteiger partial charge on any atom is -0.376 e. The van der Waals surface area contributed by atoms with Gasteiger partial charge in [0, 0.05) is 42.4 Å². The average Bonchev–Trinajstić information content (AvgIpc) is 3.55. The van der Waals surface area contributed by atoms with Gasteiger partial charge in [-0.1, -0.05) is 30.0 Å². The van der Waals surface area contributed by atoms with Gasteiger partial charge in [-0.2, -0.15) is 0 Å². The lowest BCUT2D eigenvalue weighted by Gasteiger charge is -2.21. The number of hydrogen-bond donors (Lipinski definition) is 1. The van der Waals surface area contributed by atoms with Crippen LogP contribution in [0.2, 0.25) is 0 Å². The molecule has 1 aromatic carbocycles. The Hall–Kier alpha value is -2.32. The van der Waals surface area contributed by atoms with E-state index in [0.717, 1.165) is 66.7 Å². The second kappa shape index (κ2) is 8.43. The third kappa shape index (κ3) is 3.74. The van der Waals surface area contributed by atoms with Crippen LogP contribution in [0.1, 0.15) is 43.0 Å². The van der Waals surface area contributed by atoms with E-state index in [1.165, 1.54) is 24.6 Å². The van der Waals surface area contributed by atoms with Crippen molar-refractivity contribution in [1.29, 1.82) is 0 Å². The molecule has 8 heteroatoms. The average molecular weight is 426 g/mol. The summed E-state index contributed by atoms with van der Waals surface area (Å²) in [6.45, 7) is 5.55. The molecule has 2 fully saturated rings. The van der Waals surface area contributed by atoms with Gasteiger partial charge < -0.3 is 14.6 Å². The summed E-state index contributed by atoms with van der Waals surface area (Å²) in [7, 11) is 0. The van der Waals surface area contributed by atoms with Crippen molar-refractivity contribution in [3.63, 3.8) is 0 Å². The van der Waals surface area contributed by atoms with Gasteiger partial charge in [0.2, 0.25) is 5.95 Å². The molecule has 0 bridgehead atoms. The number of hydrogen-bond acceptors (Lipinski definition) is 6. The number of rotatable bonds is 7. The molecule has 3 aromatic rings. The number of anilines is 1. The first-order valence-electron chi connectivity index (χ1n) is 10.8. The lowest BCUT2D eigenvalue weighted by molar-refractivity contribution is 0.0952. The quantitative estimate of drug-likeness (QED) is 0.457. The van der Waals surface area contributed by atoms with E-state index in [9.17, 15) is 4.79 Å². The molecule has 0 unspecified atom stereocenters. The van der Waals surface area contributed by atoms with Gasteiger partial charge in [-0.05, 0) is 38.7 Å². The number of aromatic nitrogens is 4. The summed E-state index contributed by atoms with van der Waals surface area (Å²) < 4.78 is 8.05. The number of Topliss-reactive ketones (excluding diaryl/α,β-unsaturated/α-hetero) is 1. The van der Waals surface area contributed by atoms with Gasteiger partial charge in [-0.15, -0.1) is 10.2 Å². The normalized spacial score (nSPS) is 20.3. The van der Waals surface area contributed by atoms with Crippen LogP contribution >= 0.6 is 11.8 Å². The molecule has 0 spiro atoms. The molecule has 2 aromatic heterocycles. The smallest absolute Gasteiger partial charge is 0.228 e. The van der Waals surface area contributed by atoms with Crippen molar-refractivity contribution in [2.45, 2.75) is 55.7 Å². The van der Waals surface area contributed by atoms with Crippen LogP contribution in [-0.2, 0) is 11.3 Å². The van der Waals surface area contributed by atoms with Crippen molar-refractivity contribution in [2.24, 2.45) is 0 Å². The number of aromatic amines is 1. The Morgan fingerprint density at radius 2 is 2.10 bits per heavy atom. The van der Waals surface area contributed by atoms with Crippen LogP contribution in [0.15, 0.2) is 35.6 Å². The Kier molecular flexibility index (Phi) is 5.52. The van der Waals surface area contributed by atoms with Crippen LogP contribution in [0.25, 0.3) is 10.9 Å². The first kappa shape index (κ1) is 19.6. The molecule has 2 saturated heterocycles. The zero-order valence-electron chi connectivity index (χ0n) is 17.2. The van der Waals surface area contributed by atoms with E-state index < -0.39 is 0 Å². The fourth-order valence-electron chi connectivity index (χ4n) is 4.38. The van der Waals surface area contributed by atoms with Crippen molar-refractivity contribution in [3.05, 3.63) is 36.0 Å². The maximum Gasteiger partial charge on any atom is 0.228 e. The number of ketones is 1. The van der Waals surface area contributed by atoms with E-state index in [1.807, 2.05) is 37.4 Å². The molecule has 2 aliphatic heterocycles. The number of H-pyrrole nitrogens is 1. The van der Waals surface area contributed by atoms with Gasteiger partial charge in [0.25, 0.3) is 0 Å². The zero-order chi connectivity index (χ0) is 20.5. The first-order chi connectivity index (χ1) is 14.7. The Morgan fingerprint density at radius 3 is 2.90 bits per heavy atom. The monoisotopic (exact) mass is 425 g/mol. The summed E-state index contributed by atoms with van der Waals surface area (Å²) in [5.74, 6) is 1.02. The van der Waals surface area contributed by atoms with Crippen molar-refractivity contribution >= 4 is 34.4 Å². The predicted molar refractivity (Wildman–Crippen MR) is 118 cm³/mol. The SMILES string of the molecule is C[C@H](Sc1nnc(N2CCCC2)n1C[C@@H]1CCCO1)C(=O)c1c[nH]c2ccccc12. The van der Waals surface area contributed by atoms with Crippen molar-refractivity contribution in [1.82, 2.24) is 19.7 Å². The van der Waals surface area contributed by atoms with Crippen molar-refractivity contribution < 1.29 is 9.53 Å². The zero-order valence-corrected chi connectivity index (χ0v) is 18.0. The molecule has 158 valence electrons. The Bertz CT molecular complexity index is 1030. The van der Waals surface area contributed by atoms with Gasteiger partial charge >= 0.3 is 0 Å². The molecule has 0 amide bonds. The lowest BCUT2D eigenvalue weighted by atomic mass is 10.1. The van der Waals surface area contributed by atoms with E-state index in [1.54, 1.807) is 0 Å². The van der Waals surface area contributed by atoms with E-state index in [2.05, 4.69) is 24.6 Å². The Labute approximate surface area is 180 Å². The molecule has 7 nitrogen and oxygen atoms in total. The number of fused-ring (bicyclic) bond motifs is 1. The number of carbonyl (C=O) groups is 1. The maximum absolute atomic E-state index is 13.2. The van der Waals surface area contributed by atoms with Gasteiger partial charge in [0.1, 0.15) is 0 Å². The third-order valence-corrected chi connectivity index (χ3v) is 7.08. The highest BCUT2D eigenvalue weighted by molar-refractivity contribution is 8.00. The van der Waals surface area contributed by atoms with Crippen molar-refractivity contribution in [3.8, 4) is 0 Å². The van der Waals surface area contributed by atoms with Crippen molar-refractivity contribution in [2.75, 3.05) is 24.6 Å². The molecule has 4 heterocycles. The largest absolute Gasteiger partial charge is 0.376 e. The molecular formula is C22H27N5O2S. The molecule has 5 rings (SSSR count). The van der Waals surface area contributed by atoms with Crippen LogP contribution in [0, 0.1) is 0 Å². The van der Waals surface area contributed by atoms with E-state index in [0.29, 0.717) is 0 Å². The topological polar surface area (TPSA) is 76.0 Å². The summed E-state index contributed by atoms with van der Waals surface area (Å²) in [4.78, 5) is 18.7. The van der Waals surface area contributed by atoms with Gasteiger partial charge in [0.05, 0.1) is 17.9 Å². The minimum absolute atomic E-state index is 0.104. The standard InChI is InChI=1S/C22H27N5O2S/c1-15(20(28)18-13-23-19-9-3-2-8-17(18)19)30-22-25-24-21(26-10-4-5-11-26)27(22)14-16-7-6-12-29-16/h2-3,8-9,13,15-16,23H,4-7,10-12,14H2,1H3/t15-,16-/m0/s1. The molecule has 0 saturated carbocycles. The number of benzene rings is 1. The van der Waals surface area contributed by atoms with Crippen LogP contribution in [-0.4, -0.2) is 56.6 Å². The molecule has 2 aliphatic rings. The Balaban J connectivity index is 1.39. The molecule has 0 aliphatic carbocycles. The predicted octanol–water partition coefficient (Wildman–Crippen LogP) is 3.90. The first-order valence-corrected chi connectivity index (χ1v) is 11.7. The fourth-order valence-corrected chi connectivity index (χ4v) is 5.30. The highest BCUT2D eigenvalue weighted by Crippen LogP contribution is 2.31. The second-order valence-electron chi connectivity index (χ2n) is 8.09. The summed E-state index contributed by atoms with van der Waals surface area (Å²) >= 11 is 1.49. The molecule has 2 atom stereocenters. The van der Waals surface area contributed by atoms with Crippen LogP contribution in [0.5, 0.6) is 0 Å². The second-order valence-corrected chi connectivity index (χ2v) is 9.40. The highest BCUT2D eigenvalue weighted by Gasteiger charge is 2.28. The molecule has 1 N–H and O–H groups in total. The summed E-state index contributed by atoms with van der Waals surface area (Å²) in [5.41, 5.74) is 1.71. The lowest BCUT2D eigenvalue weighted by Crippen LogP contribution is -2.25. The highest BCUT2D eigenvalue weighted by atomic mass is 32.2. The number of thioether (sulfide) groups is 1. The van der Waals surface area contributed by atoms with E-state index >= 15 is 0 Å². The van der Waals surface area contributed by atoms with Crippen LogP contribution in [0.4, 0.5) is 5.95 Å². The number of nitrogens with zero attached hydrogens (tertiary/aromatic N) is 4. The van der Waals surface area contributed by atoms with Gasteiger partial charge in [-0.3, -0.25) is 9.36 Å². The number of para-hydroxylation sites is 1. The summed E-state index contributed by atoms with van der Waals surface area (Å²) in [5, 5.41) is 10.5. The fraction of sp³-hybridized carbons (Fsp3) is 0.500. The number of carbonyl (C=O) groups excluding carboxylic acids is 1. The maximum atomic E-state index is 13.2. The molecule has 0 radical (unpaired) electrons. The summed E-state index contributed by atoms with van der Waals surface area (Å²) in [6, 6.07) is 7.91. The van der Waals surface area contributed by atoms with Crippen LogP contribution in [0.3, 0.4) is 0 Å².